The van der Waals surface area contributed by atoms with E-state index in [9.17, 15) is 4.79 Å². The number of methoxy groups -OCH3 is 2. The van der Waals surface area contributed by atoms with Crippen LogP contribution in [0.25, 0.3) is 10.9 Å². The van der Waals surface area contributed by atoms with Gasteiger partial charge in [-0.2, -0.15) is 0 Å². The molecule has 0 saturated carbocycles. The van der Waals surface area contributed by atoms with E-state index in [2.05, 4.69) is 34.3 Å². The summed E-state index contributed by atoms with van der Waals surface area (Å²) in [7, 11) is 3.50. The topological polar surface area (TPSA) is 86.8 Å². The minimum atomic E-state index is -0.176. The molecule has 1 fully saturated rings. The first-order valence-electron chi connectivity index (χ1n) is 11.4. The Bertz CT molecular complexity index is 1090. The van der Waals surface area contributed by atoms with Gasteiger partial charge in [-0.25, -0.2) is 0 Å². The second-order valence-electron chi connectivity index (χ2n) is 8.61. The zero-order valence-corrected chi connectivity index (χ0v) is 19.6. The minimum Gasteiger partial charge on any atom is -0.496 e. The highest BCUT2D eigenvalue weighted by Crippen LogP contribution is 2.37. The molecule has 1 saturated heterocycles. The Morgan fingerprint density at radius 1 is 1.24 bits per heavy atom. The number of aliphatic hydroxyl groups is 1. The predicted octanol–water partition coefficient (Wildman–Crippen LogP) is 3.56. The maximum Gasteiger partial charge on any atom is 0.251 e. The second-order valence-corrected chi connectivity index (χ2v) is 8.61. The normalized spacial score (nSPS) is 19.0. The molecular formula is C26H33N3O4. The van der Waals surface area contributed by atoms with Gasteiger partial charge in [0.1, 0.15) is 5.75 Å². The van der Waals surface area contributed by atoms with Crippen molar-refractivity contribution < 1.29 is 19.4 Å². The maximum atomic E-state index is 12.2. The molecule has 3 aromatic rings. The summed E-state index contributed by atoms with van der Waals surface area (Å²) in [6.45, 7) is 3.94. The molecule has 1 aliphatic rings. The van der Waals surface area contributed by atoms with E-state index in [1.165, 1.54) is 16.5 Å². The van der Waals surface area contributed by atoms with Crippen molar-refractivity contribution in [1.82, 2.24) is 15.2 Å². The molecule has 1 aliphatic heterocycles. The fraction of sp³-hybridized carbons (Fsp3) is 0.423. The van der Waals surface area contributed by atoms with Crippen LogP contribution in [-0.4, -0.2) is 60.9 Å². The molecule has 7 heteroatoms. The summed E-state index contributed by atoms with van der Waals surface area (Å²) in [6.07, 6.45) is 4.04. The van der Waals surface area contributed by atoms with Gasteiger partial charge < -0.3 is 24.9 Å². The van der Waals surface area contributed by atoms with E-state index in [0.717, 1.165) is 42.8 Å². The Labute approximate surface area is 194 Å². The van der Waals surface area contributed by atoms with Crippen LogP contribution in [0.15, 0.2) is 42.6 Å². The lowest BCUT2D eigenvalue weighted by atomic mass is 9.91. The highest BCUT2D eigenvalue weighted by atomic mass is 16.5. The number of hydrogen-bond donors (Lipinski definition) is 3. The number of aromatic nitrogens is 1. The van der Waals surface area contributed by atoms with Crippen LogP contribution in [0.2, 0.25) is 0 Å². The molecule has 176 valence electrons. The number of aliphatic hydroxyl groups excluding tert-OH is 1. The van der Waals surface area contributed by atoms with E-state index in [-0.39, 0.29) is 31.2 Å². The van der Waals surface area contributed by atoms with Crippen molar-refractivity contribution >= 4 is 16.8 Å². The molecular weight excluding hydrogens is 418 g/mol. The van der Waals surface area contributed by atoms with Crippen LogP contribution in [0.5, 0.6) is 5.75 Å². The number of aromatic amines is 1. The number of H-pyrrole nitrogens is 1. The van der Waals surface area contributed by atoms with Crippen LogP contribution in [0.1, 0.15) is 45.9 Å². The smallest absolute Gasteiger partial charge is 0.251 e. The molecule has 33 heavy (non-hydrogen) atoms. The van der Waals surface area contributed by atoms with Crippen molar-refractivity contribution in [3.63, 3.8) is 0 Å². The van der Waals surface area contributed by atoms with Crippen molar-refractivity contribution in [2.75, 3.05) is 33.9 Å². The lowest BCUT2D eigenvalue weighted by Crippen LogP contribution is -2.39. The number of carbonyl (C=O) groups is 1. The van der Waals surface area contributed by atoms with E-state index >= 15 is 0 Å². The number of nitrogens with one attached hydrogen (secondary N) is 2. The largest absolute Gasteiger partial charge is 0.496 e. The number of carbonyl (C=O) groups excluding carboxylic acids is 1. The first-order valence-corrected chi connectivity index (χ1v) is 11.4. The Morgan fingerprint density at radius 3 is 2.73 bits per heavy atom. The van der Waals surface area contributed by atoms with E-state index in [4.69, 9.17) is 14.6 Å². The number of nitrogens with zero attached hydrogens (tertiary/aromatic N) is 1. The van der Waals surface area contributed by atoms with Crippen LogP contribution in [0, 0.1) is 6.92 Å². The number of ether oxygens (including phenoxy) is 2. The SMILES string of the molecule is COc1cc(C)c2[nH]ccc2c1CN1CCC(OC)CC1c1ccc(C(=O)NCCO)cc1. The molecule has 2 unspecified atom stereocenters. The molecule has 3 N–H and O–H groups in total. The highest BCUT2D eigenvalue weighted by molar-refractivity contribution is 5.94. The fourth-order valence-corrected chi connectivity index (χ4v) is 4.84. The van der Waals surface area contributed by atoms with Crippen LogP contribution in [0.4, 0.5) is 0 Å². The summed E-state index contributed by atoms with van der Waals surface area (Å²) in [5, 5.41) is 12.8. The first kappa shape index (κ1) is 23.3. The molecule has 7 nitrogen and oxygen atoms in total. The molecule has 2 atom stereocenters. The Hall–Kier alpha value is -2.87. The van der Waals surface area contributed by atoms with Gasteiger partial charge in [0.15, 0.2) is 0 Å². The molecule has 0 aliphatic carbocycles. The molecule has 1 aromatic heterocycles. The Kier molecular flexibility index (Phi) is 7.33. The lowest BCUT2D eigenvalue weighted by Gasteiger charge is -2.39. The molecule has 1 amide bonds. The Balaban J connectivity index is 1.63. The summed E-state index contributed by atoms with van der Waals surface area (Å²) >= 11 is 0. The lowest BCUT2D eigenvalue weighted by molar-refractivity contribution is 0.00676. The van der Waals surface area contributed by atoms with E-state index in [0.29, 0.717) is 5.56 Å². The van der Waals surface area contributed by atoms with Crippen LogP contribution >= 0.6 is 0 Å². The average molecular weight is 452 g/mol. The number of piperidine rings is 1. The third kappa shape index (κ3) is 4.90. The number of hydrogen-bond acceptors (Lipinski definition) is 5. The summed E-state index contributed by atoms with van der Waals surface area (Å²) in [5.41, 5.74) is 5.24. The maximum absolute atomic E-state index is 12.2. The Morgan fingerprint density at radius 2 is 2.03 bits per heavy atom. The van der Waals surface area contributed by atoms with Crippen molar-refractivity contribution in [2.45, 2.75) is 38.5 Å². The molecule has 0 radical (unpaired) electrons. The fourth-order valence-electron chi connectivity index (χ4n) is 4.84. The summed E-state index contributed by atoms with van der Waals surface area (Å²) in [4.78, 5) is 18.1. The van der Waals surface area contributed by atoms with Crippen molar-refractivity contribution in [2.24, 2.45) is 0 Å². The van der Waals surface area contributed by atoms with Crippen LogP contribution in [0.3, 0.4) is 0 Å². The van der Waals surface area contributed by atoms with Crippen molar-refractivity contribution in [3.8, 4) is 5.75 Å². The van der Waals surface area contributed by atoms with Gasteiger partial charge >= 0.3 is 0 Å². The van der Waals surface area contributed by atoms with Gasteiger partial charge in [-0.1, -0.05) is 12.1 Å². The van der Waals surface area contributed by atoms with Crippen LogP contribution < -0.4 is 10.1 Å². The standard InChI is InChI=1S/C26H33N3O4/c1-17-14-24(33-3)22(21-8-10-27-25(17)21)16-29-12-9-20(32-2)15-23(29)18-4-6-19(7-5-18)26(31)28-11-13-30/h4-8,10,14,20,23,27,30H,9,11-13,15-16H2,1-3H3,(H,28,31). The van der Waals surface area contributed by atoms with Crippen molar-refractivity contribution in [1.29, 1.82) is 0 Å². The molecule has 2 heterocycles. The third-order valence-corrected chi connectivity index (χ3v) is 6.65. The van der Waals surface area contributed by atoms with Gasteiger partial charge in [0.2, 0.25) is 0 Å². The van der Waals surface area contributed by atoms with E-state index < -0.39 is 0 Å². The minimum absolute atomic E-state index is 0.0733. The van der Waals surface area contributed by atoms with Gasteiger partial charge in [0.25, 0.3) is 5.91 Å². The van der Waals surface area contributed by atoms with Gasteiger partial charge in [-0.05, 0) is 55.2 Å². The van der Waals surface area contributed by atoms with Gasteiger partial charge in [0.05, 0.1) is 19.8 Å². The third-order valence-electron chi connectivity index (χ3n) is 6.65. The number of likely N-dealkylation sites (tertiary alicyclic amines) is 1. The second kappa shape index (κ2) is 10.4. The summed E-state index contributed by atoms with van der Waals surface area (Å²) < 4.78 is 11.5. The average Bonchev–Trinajstić information content (AvgIpc) is 3.35. The summed E-state index contributed by atoms with van der Waals surface area (Å²) in [5.74, 6) is 0.730. The molecule has 0 bridgehead atoms. The quantitative estimate of drug-likeness (QED) is 0.488. The van der Waals surface area contributed by atoms with Gasteiger partial charge in [0, 0.05) is 61.0 Å². The van der Waals surface area contributed by atoms with E-state index in [1.54, 1.807) is 14.2 Å². The number of benzene rings is 2. The molecule has 4 rings (SSSR count). The first-order chi connectivity index (χ1) is 16.0. The van der Waals surface area contributed by atoms with Gasteiger partial charge in [-0.3, -0.25) is 9.69 Å². The highest BCUT2D eigenvalue weighted by Gasteiger charge is 2.31. The predicted molar refractivity (Wildman–Crippen MR) is 129 cm³/mol. The monoisotopic (exact) mass is 451 g/mol. The zero-order valence-electron chi connectivity index (χ0n) is 19.6. The molecule has 2 aromatic carbocycles. The van der Waals surface area contributed by atoms with E-state index in [1.807, 2.05) is 30.5 Å². The number of aryl methyl sites for hydroxylation is 1. The summed E-state index contributed by atoms with van der Waals surface area (Å²) in [6, 6.07) is 12.2. The van der Waals surface area contributed by atoms with Crippen molar-refractivity contribution in [3.05, 3.63) is 64.8 Å². The van der Waals surface area contributed by atoms with Gasteiger partial charge in [-0.15, -0.1) is 0 Å². The zero-order chi connectivity index (χ0) is 23.4. The number of fused-ring (bicyclic) bond motifs is 1. The molecule has 0 spiro atoms. The number of amides is 1. The number of rotatable bonds is 8. The van der Waals surface area contributed by atoms with Crippen LogP contribution in [-0.2, 0) is 11.3 Å².